The number of nitrogens with zero attached hydrogens (tertiary/aromatic N) is 1. The molecule has 0 aliphatic carbocycles. The van der Waals surface area contributed by atoms with Gasteiger partial charge in [-0.2, -0.15) is 0 Å². The van der Waals surface area contributed by atoms with Crippen LogP contribution in [0.25, 0.3) is 0 Å². The summed E-state index contributed by atoms with van der Waals surface area (Å²) in [5.74, 6) is -1.58. The van der Waals surface area contributed by atoms with E-state index in [1.54, 1.807) is 51.1 Å². The van der Waals surface area contributed by atoms with Gasteiger partial charge in [0, 0.05) is 11.5 Å². The van der Waals surface area contributed by atoms with Crippen molar-refractivity contribution in [3.63, 3.8) is 0 Å². The van der Waals surface area contributed by atoms with E-state index < -0.39 is 18.0 Å². The Morgan fingerprint density at radius 1 is 1.18 bits per heavy atom. The highest BCUT2D eigenvalue weighted by atomic mass is 16.7. The largest absolute Gasteiger partial charge is 0.461 e. The van der Waals surface area contributed by atoms with E-state index in [4.69, 9.17) is 4.74 Å². The number of carbonyl (C=O) groups excluding carboxylic acids is 3. The van der Waals surface area contributed by atoms with Gasteiger partial charge in [0.25, 0.3) is 5.91 Å². The number of oxime groups is 1. The molecular formula is C15H18N2O5. The van der Waals surface area contributed by atoms with Gasteiger partial charge in [-0.05, 0) is 19.1 Å². The molecule has 0 saturated heterocycles. The molecule has 0 fully saturated rings. The lowest BCUT2D eigenvalue weighted by Crippen LogP contribution is -2.31. The third-order valence-corrected chi connectivity index (χ3v) is 2.51. The number of hydrogen-bond donors (Lipinski definition) is 1. The third kappa shape index (κ3) is 5.35. The van der Waals surface area contributed by atoms with Gasteiger partial charge in [0.1, 0.15) is 0 Å². The van der Waals surface area contributed by atoms with Gasteiger partial charge in [0.15, 0.2) is 5.71 Å². The van der Waals surface area contributed by atoms with Crippen LogP contribution in [0.4, 0.5) is 4.79 Å². The number of nitrogens with one attached hydrogen (secondary N) is 1. The first-order valence-corrected chi connectivity index (χ1v) is 6.78. The van der Waals surface area contributed by atoms with Gasteiger partial charge < -0.3 is 4.74 Å². The Balaban J connectivity index is 2.65. The summed E-state index contributed by atoms with van der Waals surface area (Å²) in [7, 11) is 0. The van der Waals surface area contributed by atoms with Crippen LogP contribution in [0.2, 0.25) is 0 Å². The maximum Gasteiger partial charge on any atom is 0.440 e. The van der Waals surface area contributed by atoms with Crippen LogP contribution in [0, 0.1) is 5.92 Å². The zero-order chi connectivity index (χ0) is 16.5. The summed E-state index contributed by atoms with van der Waals surface area (Å²) in [6.07, 6.45) is -1.07. The molecule has 2 amide bonds. The molecule has 0 aliphatic heterocycles. The predicted molar refractivity (Wildman–Crippen MR) is 79.3 cm³/mol. The molecule has 0 saturated carbocycles. The molecule has 0 spiro atoms. The summed E-state index contributed by atoms with van der Waals surface area (Å²) in [6.45, 7) is 5.24. The molecule has 0 radical (unpaired) electrons. The van der Waals surface area contributed by atoms with Crippen molar-refractivity contribution in [1.82, 2.24) is 5.32 Å². The van der Waals surface area contributed by atoms with Crippen molar-refractivity contribution in [2.24, 2.45) is 11.1 Å². The average molecular weight is 306 g/mol. The van der Waals surface area contributed by atoms with Crippen molar-refractivity contribution in [3.8, 4) is 0 Å². The molecule has 1 aromatic rings. The maximum atomic E-state index is 11.7. The minimum Gasteiger partial charge on any atom is -0.461 e. The molecule has 0 unspecified atom stereocenters. The first-order valence-electron chi connectivity index (χ1n) is 6.78. The molecule has 7 heteroatoms. The Morgan fingerprint density at radius 3 is 2.36 bits per heavy atom. The topological polar surface area (TPSA) is 94.1 Å². The predicted octanol–water partition coefficient (Wildman–Crippen LogP) is 2.13. The van der Waals surface area contributed by atoms with Gasteiger partial charge in [-0.3, -0.25) is 14.9 Å². The highest BCUT2D eigenvalue weighted by molar-refractivity contribution is 6.37. The zero-order valence-electron chi connectivity index (χ0n) is 12.7. The Morgan fingerprint density at radius 2 is 1.82 bits per heavy atom. The molecule has 7 nitrogen and oxygen atoms in total. The zero-order valence-corrected chi connectivity index (χ0v) is 12.7. The Bertz CT molecular complexity index is 567. The summed E-state index contributed by atoms with van der Waals surface area (Å²) < 4.78 is 4.80. The van der Waals surface area contributed by atoms with E-state index in [-0.39, 0.29) is 18.2 Å². The summed E-state index contributed by atoms with van der Waals surface area (Å²) in [5, 5.41) is 5.47. The number of rotatable bonds is 5. The number of imide groups is 1. The van der Waals surface area contributed by atoms with E-state index in [1.807, 2.05) is 5.32 Å². The van der Waals surface area contributed by atoms with Gasteiger partial charge >= 0.3 is 12.1 Å². The van der Waals surface area contributed by atoms with Crippen LogP contribution in [-0.4, -0.2) is 30.3 Å². The first-order chi connectivity index (χ1) is 10.5. The summed E-state index contributed by atoms with van der Waals surface area (Å²) >= 11 is 0. The monoisotopic (exact) mass is 306 g/mol. The number of hydrogen-bond acceptors (Lipinski definition) is 6. The standard InChI is InChI=1S/C15H18N2O5/c1-4-21-14(19)12(10(2)3)17-22-15(20)16-13(18)11-8-6-5-7-9-11/h5-10H,4H2,1-3H3,(H,16,18,20)/b17-12+. The SMILES string of the molecule is CCOC(=O)/C(=N/OC(=O)NC(=O)c1ccccc1)C(C)C. The van der Waals surface area contributed by atoms with E-state index >= 15 is 0 Å². The lowest BCUT2D eigenvalue weighted by atomic mass is 10.1. The number of esters is 1. The second kappa shape index (κ2) is 8.56. The van der Waals surface area contributed by atoms with Crippen LogP contribution < -0.4 is 5.32 Å². The van der Waals surface area contributed by atoms with E-state index in [0.29, 0.717) is 5.56 Å². The van der Waals surface area contributed by atoms with Crippen molar-refractivity contribution >= 4 is 23.7 Å². The summed E-state index contributed by atoms with van der Waals surface area (Å²) in [5.41, 5.74) is 0.266. The van der Waals surface area contributed by atoms with Crippen molar-refractivity contribution < 1.29 is 24.0 Å². The highest BCUT2D eigenvalue weighted by Crippen LogP contribution is 2.02. The van der Waals surface area contributed by atoms with Crippen LogP contribution >= 0.6 is 0 Å². The van der Waals surface area contributed by atoms with Crippen LogP contribution in [0.1, 0.15) is 31.1 Å². The van der Waals surface area contributed by atoms with Crippen LogP contribution in [-0.2, 0) is 14.4 Å². The minimum atomic E-state index is -1.07. The fourth-order valence-corrected chi connectivity index (χ4v) is 1.45. The molecule has 118 valence electrons. The number of benzene rings is 1. The van der Waals surface area contributed by atoms with Crippen LogP contribution in [0.15, 0.2) is 35.5 Å². The lowest BCUT2D eigenvalue weighted by Gasteiger charge is -2.08. The Hall–Kier alpha value is -2.70. The van der Waals surface area contributed by atoms with E-state index in [9.17, 15) is 14.4 Å². The number of ether oxygens (including phenoxy) is 1. The van der Waals surface area contributed by atoms with Crippen molar-refractivity contribution in [1.29, 1.82) is 0 Å². The smallest absolute Gasteiger partial charge is 0.440 e. The molecule has 0 bridgehead atoms. The molecular weight excluding hydrogens is 288 g/mol. The van der Waals surface area contributed by atoms with E-state index in [2.05, 4.69) is 9.99 Å². The fraction of sp³-hybridized carbons (Fsp3) is 0.333. The van der Waals surface area contributed by atoms with Gasteiger partial charge in [0.05, 0.1) is 6.61 Å². The summed E-state index contributed by atoms with van der Waals surface area (Å²) in [4.78, 5) is 39.4. The number of carbonyl (C=O) groups is 3. The molecule has 0 aliphatic rings. The fourth-order valence-electron chi connectivity index (χ4n) is 1.45. The molecule has 22 heavy (non-hydrogen) atoms. The second-order valence-electron chi connectivity index (χ2n) is 4.55. The Kier molecular flexibility index (Phi) is 6.75. The maximum absolute atomic E-state index is 11.7. The highest BCUT2D eigenvalue weighted by Gasteiger charge is 2.19. The van der Waals surface area contributed by atoms with Gasteiger partial charge in [-0.1, -0.05) is 37.2 Å². The van der Waals surface area contributed by atoms with Crippen LogP contribution in [0.5, 0.6) is 0 Å². The molecule has 1 aromatic carbocycles. The van der Waals surface area contributed by atoms with Crippen molar-refractivity contribution in [2.45, 2.75) is 20.8 Å². The normalized spacial score (nSPS) is 11.0. The molecule has 0 aromatic heterocycles. The van der Waals surface area contributed by atoms with Gasteiger partial charge in [-0.15, -0.1) is 0 Å². The molecule has 1 rings (SSSR count). The quantitative estimate of drug-likeness (QED) is 0.389. The van der Waals surface area contributed by atoms with Gasteiger partial charge in [-0.25, -0.2) is 9.59 Å². The van der Waals surface area contributed by atoms with Gasteiger partial charge in [0.2, 0.25) is 0 Å². The van der Waals surface area contributed by atoms with Crippen molar-refractivity contribution in [2.75, 3.05) is 6.61 Å². The average Bonchev–Trinajstić information content (AvgIpc) is 2.48. The minimum absolute atomic E-state index is 0.0378. The third-order valence-electron chi connectivity index (χ3n) is 2.51. The first kappa shape index (κ1) is 17.4. The van der Waals surface area contributed by atoms with E-state index in [1.165, 1.54) is 0 Å². The second-order valence-corrected chi connectivity index (χ2v) is 4.55. The molecule has 0 heterocycles. The van der Waals surface area contributed by atoms with Crippen LogP contribution in [0.3, 0.4) is 0 Å². The van der Waals surface area contributed by atoms with E-state index in [0.717, 1.165) is 0 Å². The molecule has 1 N–H and O–H groups in total. The molecule has 0 atom stereocenters. The number of amides is 2. The summed E-state index contributed by atoms with van der Waals surface area (Å²) in [6, 6.07) is 8.16. The van der Waals surface area contributed by atoms with Crippen molar-refractivity contribution in [3.05, 3.63) is 35.9 Å². The lowest BCUT2D eigenvalue weighted by molar-refractivity contribution is -0.135. The Labute approximate surface area is 128 Å².